The highest BCUT2D eigenvalue weighted by Crippen LogP contribution is 2.40. The fourth-order valence-corrected chi connectivity index (χ4v) is 4.89. The fourth-order valence-electron chi connectivity index (χ4n) is 4.89. The highest BCUT2D eigenvalue weighted by Gasteiger charge is 2.22. The number of nitrogens with zero attached hydrogens (tertiary/aromatic N) is 2. The van der Waals surface area contributed by atoms with E-state index in [0.717, 1.165) is 18.7 Å². The van der Waals surface area contributed by atoms with E-state index in [4.69, 9.17) is 0 Å². The second-order valence-electron chi connectivity index (χ2n) is 7.93. The standard InChI is InChI=1S/C26H30N2/c1-8-27-19(6)25(21-14-16(3)10-12-23(21)27)18(5)26-20(7)28(9-2)24-13-11-17(4)15-22(24)26/h10-15H,5,8-9H2,1-4,6-7H3. The van der Waals surface area contributed by atoms with Crippen molar-refractivity contribution in [2.24, 2.45) is 0 Å². The zero-order valence-electron chi connectivity index (χ0n) is 18.0. The van der Waals surface area contributed by atoms with Crippen molar-refractivity contribution in [2.45, 2.75) is 54.6 Å². The molecule has 4 rings (SSSR count). The zero-order chi connectivity index (χ0) is 20.2. The van der Waals surface area contributed by atoms with E-state index in [-0.39, 0.29) is 0 Å². The molecule has 2 heteroatoms. The molecule has 0 aliphatic rings. The Kier molecular flexibility index (Phi) is 4.45. The fraction of sp³-hybridized carbons (Fsp3) is 0.308. The van der Waals surface area contributed by atoms with E-state index in [9.17, 15) is 0 Å². The van der Waals surface area contributed by atoms with Gasteiger partial charge in [-0.05, 0) is 71.4 Å². The van der Waals surface area contributed by atoms with Gasteiger partial charge in [0.1, 0.15) is 0 Å². The van der Waals surface area contributed by atoms with E-state index < -0.39 is 0 Å². The molecule has 0 N–H and O–H groups in total. The van der Waals surface area contributed by atoms with Gasteiger partial charge in [0.15, 0.2) is 0 Å². The average Bonchev–Trinajstić information content (AvgIpc) is 3.09. The molecular weight excluding hydrogens is 340 g/mol. The third-order valence-corrected chi connectivity index (χ3v) is 6.19. The van der Waals surface area contributed by atoms with Crippen molar-refractivity contribution in [1.82, 2.24) is 9.13 Å². The maximum Gasteiger partial charge on any atom is 0.0488 e. The van der Waals surface area contributed by atoms with Gasteiger partial charge in [0, 0.05) is 57.4 Å². The SMILES string of the molecule is C=C(c1c(C)n(CC)c2ccc(C)cc12)c1c(C)n(CC)c2ccc(C)cc12. The number of hydrogen-bond acceptors (Lipinski definition) is 0. The third kappa shape index (κ3) is 2.55. The molecule has 144 valence electrons. The van der Waals surface area contributed by atoms with Gasteiger partial charge in [-0.3, -0.25) is 0 Å². The number of benzene rings is 2. The lowest BCUT2D eigenvalue weighted by molar-refractivity contribution is 0.766. The predicted octanol–water partition coefficient (Wildman–Crippen LogP) is 6.93. The van der Waals surface area contributed by atoms with Crippen LogP contribution in [0.25, 0.3) is 27.4 Å². The van der Waals surface area contributed by atoms with Crippen molar-refractivity contribution in [1.29, 1.82) is 0 Å². The molecule has 2 nitrogen and oxygen atoms in total. The Bertz CT molecular complexity index is 1140. The molecule has 0 bridgehead atoms. The molecule has 0 aliphatic carbocycles. The van der Waals surface area contributed by atoms with Crippen LogP contribution in [-0.4, -0.2) is 9.13 Å². The first-order valence-electron chi connectivity index (χ1n) is 10.3. The van der Waals surface area contributed by atoms with Crippen LogP contribution >= 0.6 is 0 Å². The predicted molar refractivity (Wildman–Crippen MR) is 122 cm³/mol. The maximum absolute atomic E-state index is 4.65. The van der Waals surface area contributed by atoms with E-state index in [0.29, 0.717) is 0 Å². The average molecular weight is 371 g/mol. The van der Waals surface area contributed by atoms with Crippen LogP contribution in [0.4, 0.5) is 0 Å². The molecule has 0 amide bonds. The second kappa shape index (κ2) is 6.70. The molecule has 0 spiro atoms. The number of fused-ring (bicyclic) bond motifs is 2. The summed E-state index contributed by atoms with van der Waals surface area (Å²) in [6.45, 7) is 19.8. The van der Waals surface area contributed by atoms with Crippen LogP contribution in [-0.2, 0) is 13.1 Å². The minimum absolute atomic E-state index is 0.966. The summed E-state index contributed by atoms with van der Waals surface area (Å²) >= 11 is 0. The van der Waals surface area contributed by atoms with E-state index >= 15 is 0 Å². The van der Waals surface area contributed by atoms with Crippen LogP contribution in [0.15, 0.2) is 43.0 Å². The molecule has 4 aromatic rings. The first-order chi connectivity index (χ1) is 13.4. The Balaban J connectivity index is 2.07. The van der Waals surface area contributed by atoms with Gasteiger partial charge in [0.25, 0.3) is 0 Å². The lowest BCUT2D eigenvalue weighted by Gasteiger charge is -2.10. The third-order valence-electron chi connectivity index (χ3n) is 6.19. The summed E-state index contributed by atoms with van der Waals surface area (Å²) in [4.78, 5) is 0. The Morgan fingerprint density at radius 3 is 1.46 bits per heavy atom. The molecule has 0 atom stereocenters. The summed E-state index contributed by atoms with van der Waals surface area (Å²) in [5.74, 6) is 0. The van der Waals surface area contributed by atoms with E-state index in [1.807, 2.05) is 0 Å². The van der Waals surface area contributed by atoms with E-state index in [1.165, 1.54) is 55.4 Å². The largest absolute Gasteiger partial charge is 0.345 e. The number of rotatable bonds is 4. The molecule has 2 aromatic heterocycles. The maximum atomic E-state index is 4.65. The van der Waals surface area contributed by atoms with Gasteiger partial charge in [-0.1, -0.05) is 29.8 Å². The summed E-state index contributed by atoms with van der Waals surface area (Å²) in [5.41, 5.74) is 11.5. The van der Waals surface area contributed by atoms with Gasteiger partial charge in [0.05, 0.1) is 0 Å². The first-order valence-corrected chi connectivity index (χ1v) is 10.3. The summed E-state index contributed by atoms with van der Waals surface area (Å²) in [6, 6.07) is 13.5. The van der Waals surface area contributed by atoms with Gasteiger partial charge >= 0.3 is 0 Å². The van der Waals surface area contributed by atoms with Crippen LogP contribution in [0, 0.1) is 27.7 Å². The van der Waals surface area contributed by atoms with Gasteiger partial charge in [-0.25, -0.2) is 0 Å². The Morgan fingerprint density at radius 1 is 0.714 bits per heavy atom. The second-order valence-corrected chi connectivity index (χ2v) is 7.93. The summed E-state index contributed by atoms with van der Waals surface area (Å²) in [5, 5.41) is 2.63. The molecule has 0 aliphatic heterocycles. The summed E-state index contributed by atoms with van der Waals surface area (Å²) in [6.07, 6.45) is 0. The topological polar surface area (TPSA) is 9.86 Å². The Labute approximate surface area is 168 Å². The number of aromatic nitrogens is 2. The minimum atomic E-state index is 0.966. The molecule has 0 saturated heterocycles. The van der Waals surface area contributed by atoms with Crippen molar-refractivity contribution < 1.29 is 0 Å². The normalized spacial score (nSPS) is 11.6. The molecule has 0 fully saturated rings. The first kappa shape index (κ1) is 18.6. The Hall–Kier alpha value is -2.74. The monoisotopic (exact) mass is 370 g/mol. The lowest BCUT2D eigenvalue weighted by Crippen LogP contribution is -1.99. The van der Waals surface area contributed by atoms with Crippen LogP contribution in [0.3, 0.4) is 0 Å². The van der Waals surface area contributed by atoms with Crippen LogP contribution in [0.2, 0.25) is 0 Å². The minimum Gasteiger partial charge on any atom is -0.345 e. The summed E-state index contributed by atoms with van der Waals surface area (Å²) in [7, 11) is 0. The smallest absolute Gasteiger partial charge is 0.0488 e. The molecular formula is C26H30N2. The highest BCUT2D eigenvalue weighted by molar-refractivity contribution is 6.05. The molecule has 0 unspecified atom stereocenters. The van der Waals surface area contributed by atoms with Crippen LogP contribution in [0.1, 0.15) is 47.5 Å². The quantitative estimate of drug-likeness (QED) is 0.368. The van der Waals surface area contributed by atoms with E-state index in [1.54, 1.807) is 0 Å². The molecule has 0 radical (unpaired) electrons. The number of aryl methyl sites for hydroxylation is 4. The zero-order valence-corrected chi connectivity index (χ0v) is 18.0. The lowest BCUT2D eigenvalue weighted by atomic mass is 9.94. The van der Waals surface area contributed by atoms with Gasteiger partial charge < -0.3 is 9.13 Å². The molecule has 0 saturated carbocycles. The van der Waals surface area contributed by atoms with Crippen molar-refractivity contribution >= 4 is 27.4 Å². The molecule has 28 heavy (non-hydrogen) atoms. The van der Waals surface area contributed by atoms with Crippen molar-refractivity contribution in [3.05, 3.63) is 76.6 Å². The van der Waals surface area contributed by atoms with Gasteiger partial charge in [-0.2, -0.15) is 0 Å². The Morgan fingerprint density at radius 2 is 1.11 bits per heavy atom. The molecule has 2 heterocycles. The van der Waals surface area contributed by atoms with Crippen molar-refractivity contribution in [3.63, 3.8) is 0 Å². The van der Waals surface area contributed by atoms with Crippen molar-refractivity contribution in [3.8, 4) is 0 Å². The van der Waals surface area contributed by atoms with Gasteiger partial charge in [0.2, 0.25) is 0 Å². The van der Waals surface area contributed by atoms with Crippen LogP contribution < -0.4 is 0 Å². The van der Waals surface area contributed by atoms with Crippen LogP contribution in [0.5, 0.6) is 0 Å². The van der Waals surface area contributed by atoms with Gasteiger partial charge in [-0.15, -0.1) is 0 Å². The number of hydrogen-bond donors (Lipinski definition) is 0. The molecule has 2 aromatic carbocycles. The van der Waals surface area contributed by atoms with Crippen molar-refractivity contribution in [2.75, 3.05) is 0 Å². The highest BCUT2D eigenvalue weighted by atomic mass is 15.0. The van der Waals surface area contributed by atoms with E-state index in [2.05, 4.69) is 93.7 Å². The summed E-state index contributed by atoms with van der Waals surface area (Å²) < 4.78 is 4.82.